The number of sulfonamides is 1. The van der Waals surface area contributed by atoms with Gasteiger partial charge in [-0.3, -0.25) is 0 Å². The van der Waals surface area contributed by atoms with E-state index >= 15 is 0 Å². The van der Waals surface area contributed by atoms with Crippen molar-refractivity contribution < 1.29 is 8.42 Å². The largest absolute Gasteiger partial charge is 0.264 e. The van der Waals surface area contributed by atoms with Crippen molar-refractivity contribution in [1.29, 1.82) is 0 Å². The minimum Gasteiger partial charge on any atom is -0.246 e. The third kappa shape index (κ3) is 4.82. The molecule has 148 valence electrons. The minimum atomic E-state index is -3.78. The Morgan fingerprint density at radius 1 is 0.963 bits per heavy atom. The number of nitrogens with one attached hydrogen (secondary N) is 1. The van der Waals surface area contributed by atoms with Gasteiger partial charge in [-0.1, -0.05) is 33.8 Å². The lowest BCUT2D eigenvalue weighted by Gasteiger charge is -2.15. The third-order valence-corrected chi connectivity index (χ3v) is 5.51. The molecule has 0 saturated carbocycles. The van der Waals surface area contributed by atoms with E-state index in [-0.39, 0.29) is 10.8 Å². The number of rotatable bonds is 3. The Bertz CT molecular complexity index is 977. The van der Waals surface area contributed by atoms with Gasteiger partial charge in [-0.25, -0.2) is 22.6 Å². The van der Waals surface area contributed by atoms with Gasteiger partial charge in [0.2, 0.25) is 0 Å². The molecular weight excluding hydrogens is 362 g/mol. The molecule has 0 aliphatic heterocycles. The quantitative estimate of drug-likeness (QED) is 0.722. The number of anilines is 1. The molecular formula is C19H29N5O2S. The number of hydrogen-bond acceptors (Lipinski definition) is 5. The van der Waals surface area contributed by atoms with E-state index in [9.17, 15) is 8.42 Å². The van der Waals surface area contributed by atoms with Crippen LogP contribution in [0.25, 0.3) is 5.78 Å². The molecule has 0 spiro atoms. The fraction of sp³-hybridized carbons (Fsp3) is 0.421. The zero-order chi connectivity index (χ0) is 20.8. The van der Waals surface area contributed by atoms with Crippen LogP contribution in [-0.2, 0) is 10.0 Å². The summed E-state index contributed by atoms with van der Waals surface area (Å²) in [5, 5.41) is 4.08. The van der Waals surface area contributed by atoms with Crippen molar-refractivity contribution in [1.82, 2.24) is 19.6 Å². The number of nitrogens with zero attached hydrogens (tertiary/aromatic N) is 4. The summed E-state index contributed by atoms with van der Waals surface area (Å²) in [6.45, 7) is 15.5. The summed E-state index contributed by atoms with van der Waals surface area (Å²) in [6, 6.07) is 3.56. The normalized spacial score (nSPS) is 10.5. The Kier molecular flexibility index (Phi) is 7.90. The molecule has 0 aliphatic rings. The van der Waals surface area contributed by atoms with Crippen LogP contribution in [-0.4, -0.2) is 28.0 Å². The van der Waals surface area contributed by atoms with Crippen molar-refractivity contribution in [3.05, 3.63) is 46.8 Å². The van der Waals surface area contributed by atoms with Gasteiger partial charge in [0.25, 0.3) is 21.7 Å². The second-order valence-corrected chi connectivity index (χ2v) is 7.11. The van der Waals surface area contributed by atoms with Gasteiger partial charge in [0.05, 0.1) is 4.90 Å². The van der Waals surface area contributed by atoms with Crippen LogP contribution >= 0.6 is 0 Å². The van der Waals surface area contributed by atoms with Crippen molar-refractivity contribution in [2.24, 2.45) is 0 Å². The lowest BCUT2D eigenvalue weighted by molar-refractivity contribution is 0.599. The van der Waals surface area contributed by atoms with Crippen molar-refractivity contribution in [2.75, 3.05) is 4.72 Å². The van der Waals surface area contributed by atoms with Crippen LogP contribution in [0.5, 0.6) is 0 Å². The molecule has 0 radical (unpaired) electrons. The first kappa shape index (κ1) is 22.6. The lowest BCUT2D eigenvalue weighted by Crippen LogP contribution is -2.17. The maximum absolute atomic E-state index is 12.8. The van der Waals surface area contributed by atoms with Gasteiger partial charge in [0.15, 0.2) is 0 Å². The first-order valence-electron chi connectivity index (χ1n) is 9.07. The number of aromatic nitrogens is 4. The minimum absolute atomic E-state index is 0.000674. The first-order chi connectivity index (χ1) is 12.8. The summed E-state index contributed by atoms with van der Waals surface area (Å²) in [5.74, 6) is 0.333. The SMILES string of the molecule is CC.CC.Cc1cc(C)c(S(=O)(=O)Nc2nc3ncccn3n2)c(C)c1C. The van der Waals surface area contributed by atoms with Crippen molar-refractivity contribution in [3.63, 3.8) is 0 Å². The van der Waals surface area contributed by atoms with Crippen LogP contribution in [0.3, 0.4) is 0 Å². The van der Waals surface area contributed by atoms with Gasteiger partial charge in [0.1, 0.15) is 0 Å². The van der Waals surface area contributed by atoms with Crippen molar-refractivity contribution in [3.8, 4) is 0 Å². The second kappa shape index (κ2) is 9.45. The molecule has 0 amide bonds. The molecule has 0 saturated heterocycles. The Balaban J connectivity index is 0.000000855. The van der Waals surface area contributed by atoms with Crippen LogP contribution in [0.2, 0.25) is 0 Å². The number of fused-ring (bicyclic) bond motifs is 1. The van der Waals surface area contributed by atoms with Gasteiger partial charge in [-0.15, -0.1) is 5.10 Å². The number of aryl methyl sites for hydroxylation is 2. The fourth-order valence-corrected chi connectivity index (χ4v) is 4.09. The standard InChI is InChI=1S/C15H17N5O2S.2C2H6/c1-9-8-10(2)13(12(4)11(9)3)23(21,22)19-14-17-15-16-6-5-7-20(15)18-14;2*1-2/h5-8H,1-4H3,(H,18,19);2*1-2H3. The van der Waals surface area contributed by atoms with Crippen LogP contribution < -0.4 is 4.72 Å². The molecule has 2 heterocycles. The van der Waals surface area contributed by atoms with Crippen LogP contribution in [0.4, 0.5) is 5.95 Å². The van der Waals surface area contributed by atoms with Crippen LogP contribution in [0.1, 0.15) is 49.9 Å². The molecule has 3 aromatic rings. The third-order valence-electron chi connectivity index (χ3n) is 3.90. The summed E-state index contributed by atoms with van der Waals surface area (Å²) in [7, 11) is -3.78. The molecule has 1 aromatic carbocycles. The Labute approximate surface area is 161 Å². The highest BCUT2D eigenvalue weighted by Gasteiger charge is 2.23. The molecule has 27 heavy (non-hydrogen) atoms. The maximum atomic E-state index is 12.8. The maximum Gasteiger partial charge on any atom is 0.264 e. The molecule has 7 nitrogen and oxygen atoms in total. The topological polar surface area (TPSA) is 89.2 Å². The molecule has 0 atom stereocenters. The summed E-state index contributed by atoms with van der Waals surface area (Å²) >= 11 is 0. The molecule has 0 bridgehead atoms. The van der Waals surface area contributed by atoms with Gasteiger partial charge >= 0.3 is 0 Å². The highest BCUT2D eigenvalue weighted by molar-refractivity contribution is 7.92. The predicted molar refractivity (Wildman–Crippen MR) is 110 cm³/mol. The van der Waals surface area contributed by atoms with Gasteiger partial charge in [-0.2, -0.15) is 4.98 Å². The van der Waals surface area contributed by atoms with E-state index in [1.165, 1.54) is 4.52 Å². The van der Waals surface area contributed by atoms with E-state index < -0.39 is 10.0 Å². The Morgan fingerprint density at radius 2 is 1.59 bits per heavy atom. The van der Waals surface area contributed by atoms with E-state index in [0.29, 0.717) is 11.3 Å². The number of hydrogen-bond donors (Lipinski definition) is 1. The van der Waals surface area contributed by atoms with Gasteiger partial charge < -0.3 is 0 Å². The summed E-state index contributed by atoms with van der Waals surface area (Å²) in [4.78, 5) is 8.36. The van der Waals surface area contributed by atoms with Crippen LogP contribution in [0, 0.1) is 27.7 Å². The van der Waals surface area contributed by atoms with E-state index in [4.69, 9.17) is 0 Å². The van der Waals surface area contributed by atoms with Gasteiger partial charge in [-0.05, 0) is 56.0 Å². The number of benzene rings is 1. The molecule has 0 fully saturated rings. The predicted octanol–water partition coefficient (Wildman–Crippen LogP) is 4.21. The summed E-state index contributed by atoms with van der Waals surface area (Å²) in [6.07, 6.45) is 3.22. The van der Waals surface area contributed by atoms with Crippen LogP contribution in [0.15, 0.2) is 29.4 Å². The molecule has 1 N–H and O–H groups in total. The molecule has 0 aliphatic carbocycles. The Hall–Kier alpha value is -2.48. The molecule has 2 aromatic heterocycles. The zero-order valence-corrected chi connectivity index (χ0v) is 18.1. The Morgan fingerprint density at radius 3 is 2.19 bits per heavy atom. The van der Waals surface area contributed by atoms with E-state index in [1.54, 1.807) is 25.4 Å². The monoisotopic (exact) mass is 391 g/mol. The van der Waals surface area contributed by atoms with Gasteiger partial charge in [0, 0.05) is 12.4 Å². The average Bonchev–Trinajstić information content (AvgIpc) is 3.04. The molecule has 8 heteroatoms. The average molecular weight is 392 g/mol. The summed E-state index contributed by atoms with van der Waals surface area (Å²) in [5.41, 5.74) is 3.45. The second-order valence-electron chi connectivity index (χ2n) is 5.49. The smallest absolute Gasteiger partial charge is 0.246 e. The van der Waals surface area contributed by atoms with E-state index in [2.05, 4.69) is 19.8 Å². The first-order valence-corrected chi connectivity index (χ1v) is 10.6. The summed E-state index contributed by atoms with van der Waals surface area (Å²) < 4.78 is 29.4. The lowest BCUT2D eigenvalue weighted by atomic mass is 10.0. The zero-order valence-electron chi connectivity index (χ0n) is 17.3. The van der Waals surface area contributed by atoms with E-state index in [1.807, 2.05) is 54.5 Å². The molecule has 3 rings (SSSR count). The highest BCUT2D eigenvalue weighted by atomic mass is 32.2. The van der Waals surface area contributed by atoms with Crippen molar-refractivity contribution in [2.45, 2.75) is 60.3 Å². The van der Waals surface area contributed by atoms with Crippen molar-refractivity contribution >= 4 is 21.7 Å². The fourth-order valence-electron chi connectivity index (χ4n) is 2.62. The molecule has 0 unspecified atom stereocenters. The van der Waals surface area contributed by atoms with E-state index in [0.717, 1.165) is 16.7 Å². The highest BCUT2D eigenvalue weighted by Crippen LogP contribution is 2.26.